The minimum atomic E-state index is -3.73. The SMILES string of the molecule is NC(=O)CO[C@@H]1CO[C@H]2[C@H]1OC[C@H]2NS(=O)(=O)c1ccc(Cl)cc1. The summed E-state index contributed by atoms with van der Waals surface area (Å²) in [6.07, 6.45) is -1.38. The van der Waals surface area contributed by atoms with Crippen molar-refractivity contribution in [2.45, 2.75) is 29.2 Å². The van der Waals surface area contributed by atoms with Gasteiger partial charge in [0.25, 0.3) is 0 Å². The van der Waals surface area contributed by atoms with Gasteiger partial charge in [-0.2, -0.15) is 0 Å². The minimum absolute atomic E-state index is 0.106. The second kappa shape index (κ2) is 6.95. The molecule has 1 aromatic carbocycles. The highest BCUT2D eigenvalue weighted by atomic mass is 35.5. The van der Waals surface area contributed by atoms with Crippen molar-refractivity contribution in [2.75, 3.05) is 19.8 Å². The van der Waals surface area contributed by atoms with Crippen LogP contribution in [0.25, 0.3) is 0 Å². The third-order valence-corrected chi connectivity index (χ3v) is 5.64. The number of fused-ring (bicyclic) bond motifs is 1. The third-order valence-electron chi connectivity index (χ3n) is 3.88. The summed E-state index contributed by atoms with van der Waals surface area (Å²) in [5.74, 6) is -0.587. The van der Waals surface area contributed by atoms with Crippen LogP contribution in [0.3, 0.4) is 0 Å². The molecule has 1 aromatic rings. The van der Waals surface area contributed by atoms with Crippen LogP contribution < -0.4 is 10.5 Å². The molecule has 1 amide bonds. The molecular weight excluding hydrogens is 360 g/mol. The van der Waals surface area contributed by atoms with E-state index in [-0.39, 0.29) is 24.7 Å². The third kappa shape index (κ3) is 3.71. The van der Waals surface area contributed by atoms with Crippen LogP contribution in [0.4, 0.5) is 0 Å². The van der Waals surface area contributed by atoms with Gasteiger partial charge in [0.05, 0.1) is 24.2 Å². The van der Waals surface area contributed by atoms with E-state index in [9.17, 15) is 13.2 Å². The lowest BCUT2D eigenvalue weighted by Crippen LogP contribution is -2.44. The van der Waals surface area contributed by atoms with Crippen molar-refractivity contribution in [1.82, 2.24) is 4.72 Å². The summed E-state index contributed by atoms with van der Waals surface area (Å²) in [6.45, 7) is 0.127. The highest BCUT2D eigenvalue weighted by Crippen LogP contribution is 2.29. The lowest BCUT2D eigenvalue weighted by atomic mass is 10.1. The van der Waals surface area contributed by atoms with Crippen molar-refractivity contribution >= 4 is 27.5 Å². The summed E-state index contributed by atoms with van der Waals surface area (Å²) in [5.41, 5.74) is 5.05. The zero-order valence-electron chi connectivity index (χ0n) is 12.6. The number of hydrogen-bond acceptors (Lipinski definition) is 6. The van der Waals surface area contributed by atoms with Crippen molar-refractivity contribution in [1.29, 1.82) is 0 Å². The molecule has 8 nitrogen and oxygen atoms in total. The number of halogens is 1. The number of amides is 1. The number of primary amides is 1. The maximum atomic E-state index is 12.4. The van der Waals surface area contributed by atoms with E-state index in [1.165, 1.54) is 24.3 Å². The first kappa shape index (κ1) is 17.6. The summed E-state index contributed by atoms with van der Waals surface area (Å²) in [4.78, 5) is 10.9. The highest BCUT2D eigenvalue weighted by Gasteiger charge is 2.49. The van der Waals surface area contributed by atoms with E-state index < -0.39 is 40.3 Å². The van der Waals surface area contributed by atoms with E-state index >= 15 is 0 Å². The molecular formula is C14H17ClN2O6S. The summed E-state index contributed by atoms with van der Waals surface area (Å²) in [6, 6.07) is 5.31. The molecule has 24 heavy (non-hydrogen) atoms. The van der Waals surface area contributed by atoms with Crippen LogP contribution in [-0.2, 0) is 29.0 Å². The molecule has 2 heterocycles. The van der Waals surface area contributed by atoms with Gasteiger partial charge in [0.1, 0.15) is 24.9 Å². The molecule has 10 heteroatoms. The summed E-state index contributed by atoms with van der Waals surface area (Å²) >= 11 is 5.77. The van der Waals surface area contributed by atoms with Crippen molar-refractivity contribution in [2.24, 2.45) is 5.73 Å². The van der Waals surface area contributed by atoms with Gasteiger partial charge in [-0.25, -0.2) is 13.1 Å². The Morgan fingerprint density at radius 2 is 1.92 bits per heavy atom. The Hall–Kier alpha value is -1.23. The van der Waals surface area contributed by atoms with E-state index in [1.807, 2.05) is 0 Å². The zero-order valence-corrected chi connectivity index (χ0v) is 14.1. The molecule has 132 valence electrons. The highest BCUT2D eigenvalue weighted by molar-refractivity contribution is 7.89. The van der Waals surface area contributed by atoms with Gasteiger partial charge >= 0.3 is 0 Å². The van der Waals surface area contributed by atoms with Crippen molar-refractivity contribution < 1.29 is 27.4 Å². The fourth-order valence-corrected chi connectivity index (χ4v) is 4.14. The monoisotopic (exact) mass is 376 g/mol. The predicted octanol–water partition coefficient (Wildman–Crippen LogP) is -0.345. The van der Waals surface area contributed by atoms with Gasteiger partial charge in [-0.15, -0.1) is 0 Å². The first-order valence-electron chi connectivity index (χ1n) is 7.28. The Labute approximate surface area is 144 Å². The van der Waals surface area contributed by atoms with Gasteiger partial charge in [0.15, 0.2) is 0 Å². The second-order valence-corrected chi connectivity index (χ2v) is 7.74. The number of sulfonamides is 1. The van der Waals surface area contributed by atoms with Gasteiger partial charge < -0.3 is 19.9 Å². The normalized spacial score (nSPS) is 29.5. The maximum absolute atomic E-state index is 12.4. The van der Waals surface area contributed by atoms with Crippen LogP contribution in [0, 0.1) is 0 Å². The number of benzene rings is 1. The van der Waals surface area contributed by atoms with E-state index in [2.05, 4.69) is 4.72 Å². The zero-order chi connectivity index (χ0) is 17.3. The standard InChI is InChI=1S/C14H17ClN2O6S/c15-8-1-3-9(4-2-8)24(19,20)17-10-5-22-14-11(6-23-13(10)14)21-7-12(16)18/h1-4,10-11,13-14,17H,5-7H2,(H2,16,18)/t10-,11-,13-,14+/m1/s1. The molecule has 0 spiro atoms. The van der Waals surface area contributed by atoms with Crippen molar-refractivity contribution in [3.05, 3.63) is 29.3 Å². The van der Waals surface area contributed by atoms with E-state index in [0.29, 0.717) is 5.02 Å². The molecule has 0 aliphatic carbocycles. The molecule has 3 N–H and O–H groups in total. The van der Waals surface area contributed by atoms with Gasteiger partial charge in [0, 0.05) is 5.02 Å². The number of nitrogens with one attached hydrogen (secondary N) is 1. The fourth-order valence-electron chi connectivity index (χ4n) is 2.78. The Balaban J connectivity index is 1.65. The molecule has 2 saturated heterocycles. The van der Waals surface area contributed by atoms with Crippen molar-refractivity contribution in [3.63, 3.8) is 0 Å². The van der Waals surface area contributed by atoms with Gasteiger partial charge in [-0.05, 0) is 24.3 Å². The van der Waals surface area contributed by atoms with E-state index in [0.717, 1.165) is 0 Å². The Morgan fingerprint density at radius 3 is 2.58 bits per heavy atom. The van der Waals surface area contributed by atoms with Crippen LogP contribution in [0.1, 0.15) is 0 Å². The molecule has 2 fully saturated rings. The van der Waals surface area contributed by atoms with Crippen LogP contribution in [0.2, 0.25) is 5.02 Å². The summed E-state index contributed by atoms with van der Waals surface area (Å²) in [7, 11) is -3.73. The molecule has 3 rings (SSSR count). The first-order valence-corrected chi connectivity index (χ1v) is 9.14. The van der Waals surface area contributed by atoms with Crippen molar-refractivity contribution in [3.8, 4) is 0 Å². The number of hydrogen-bond donors (Lipinski definition) is 2. The molecule has 2 aliphatic rings. The summed E-state index contributed by atoms with van der Waals surface area (Å²) < 4.78 is 43.9. The Bertz CT molecular complexity index is 710. The van der Waals surface area contributed by atoms with Crippen LogP contribution >= 0.6 is 11.6 Å². The van der Waals surface area contributed by atoms with E-state index in [1.54, 1.807) is 0 Å². The number of rotatable bonds is 6. The lowest BCUT2D eigenvalue weighted by molar-refractivity contribution is -0.126. The molecule has 2 aliphatic heterocycles. The van der Waals surface area contributed by atoms with Gasteiger partial charge in [-0.1, -0.05) is 11.6 Å². The fraction of sp³-hybridized carbons (Fsp3) is 0.500. The molecule has 0 radical (unpaired) electrons. The topological polar surface area (TPSA) is 117 Å². The number of carbonyl (C=O) groups excluding carboxylic acids is 1. The van der Waals surface area contributed by atoms with E-state index in [4.69, 9.17) is 31.5 Å². The molecule has 0 aromatic heterocycles. The lowest BCUT2D eigenvalue weighted by Gasteiger charge is -2.18. The largest absolute Gasteiger partial charge is 0.371 e. The Kier molecular flexibility index (Phi) is 5.09. The molecule has 0 unspecified atom stereocenters. The predicted molar refractivity (Wildman–Crippen MR) is 84.0 cm³/mol. The molecule has 0 saturated carbocycles. The first-order chi connectivity index (χ1) is 11.4. The minimum Gasteiger partial charge on any atom is -0.371 e. The average Bonchev–Trinajstić information content (AvgIpc) is 3.08. The van der Waals surface area contributed by atoms with Crippen LogP contribution in [0.5, 0.6) is 0 Å². The van der Waals surface area contributed by atoms with Crippen LogP contribution in [-0.4, -0.2) is 58.5 Å². The van der Waals surface area contributed by atoms with Gasteiger partial charge in [0.2, 0.25) is 15.9 Å². The smallest absolute Gasteiger partial charge is 0.243 e. The second-order valence-electron chi connectivity index (χ2n) is 5.59. The Morgan fingerprint density at radius 1 is 1.25 bits per heavy atom. The van der Waals surface area contributed by atoms with Gasteiger partial charge in [-0.3, -0.25) is 4.79 Å². The number of ether oxygens (including phenoxy) is 3. The quantitative estimate of drug-likeness (QED) is 0.701. The average molecular weight is 377 g/mol. The summed E-state index contributed by atoms with van der Waals surface area (Å²) in [5, 5.41) is 0.451. The molecule has 4 atom stereocenters. The maximum Gasteiger partial charge on any atom is 0.243 e. The number of nitrogens with two attached hydrogens (primary N) is 1. The van der Waals surface area contributed by atoms with Crippen LogP contribution in [0.15, 0.2) is 29.2 Å². The molecule has 0 bridgehead atoms. The number of carbonyl (C=O) groups is 1.